The first kappa shape index (κ1) is 19.3. The van der Waals surface area contributed by atoms with Gasteiger partial charge in [0.25, 0.3) is 5.91 Å². The molecule has 0 spiro atoms. The van der Waals surface area contributed by atoms with E-state index < -0.39 is 5.82 Å². The summed E-state index contributed by atoms with van der Waals surface area (Å²) in [6.07, 6.45) is 1.58. The molecule has 5 aromatic rings. The molecule has 3 aromatic heterocycles. The van der Waals surface area contributed by atoms with Gasteiger partial charge >= 0.3 is 0 Å². The highest BCUT2D eigenvalue weighted by molar-refractivity contribution is 7.18. The fourth-order valence-corrected chi connectivity index (χ4v) is 4.35. The fraction of sp³-hybridized carbons (Fsp3) is 0.0870. The molecule has 1 amide bonds. The van der Waals surface area contributed by atoms with Crippen molar-refractivity contribution in [3.8, 4) is 0 Å². The quantitative estimate of drug-likeness (QED) is 0.404. The SMILES string of the molecule is Cc1nc2cc(NC(=O)c3cc4cc(F)ccc4n3Cc3cccc(F)c3)cnc2s1. The van der Waals surface area contributed by atoms with Gasteiger partial charge in [-0.15, -0.1) is 0 Å². The summed E-state index contributed by atoms with van der Waals surface area (Å²) in [6, 6.07) is 13.9. The highest BCUT2D eigenvalue weighted by Crippen LogP contribution is 2.25. The maximum Gasteiger partial charge on any atom is 0.272 e. The number of aryl methyl sites for hydroxylation is 1. The van der Waals surface area contributed by atoms with Gasteiger partial charge in [-0.25, -0.2) is 18.7 Å². The first-order valence-electron chi connectivity index (χ1n) is 9.54. The number of fused-ring (bicyclic) bond motifs is 2. The Labute approximate surface area is 180 Å². The number of carbonyl (C=O) groups is 1. The lowest BCUT2D eigenvalue weighted by Gasteiger charge is -2.11. The van der Waals surface area contributed by atoms with Gasteiger partial charge in [-0.3, -0.25) is 4.79 Å². The zero-order valence-corrected chi connectivity index (χ0v) is 17.2. The van der Waals surface area contributed by atoms with Crippen molar-refractivity contribution >= 4 is 44.2 Å². The summed E-state index contributed by atoms with van der Waals surface area (Å²) in [5.74, 6) is -1.12. The van der Waals surface area contributed by atoms with Crippen molar-refractivity contribution in [3.63, 3.8) is 0 Å². The molecule has 31 heavy (non-hydrogen) atoms. The van der Waals surface area contributed by atoms with Crippen LogP contribution in [0.3, 0.4) is 0 Å². The Morgan fingerprint density at radius 2 is 1.94 bits per heavy atom. The third-order valence-corrected chi connectivity index (χ3v) is 5.83. The molecule has 154 valence electrons. The fourth-order valence-electron chi connectivity index (χ4n) is 3.61. The number of nitrogens with zero attached hydrogens (tertiary/aromatic N) is 3. The molecule has 0 radical (unpaired) electrons. The zero-order chi connectivity index (χ0) is 21.5. The van der Waals surface area contributed by atoms with E-state index in [1.807, 2.05) is 6.92 Å². The zero-order valence-electron chi connectivity index (χ0n) is 16.4. The van der Waals surface area contributed by atoms with E-state index in [9.17, 15) is 13.6 Å². The first-order chi connectivity index (χ1) is 15.0. The van der Waals surface area contributed by atoms with Gasteiger partial charge in [-0.1, -0.05) is 23.5 Å². The maximum atomic E-state index is 13.8. The summed E-state index contributed by atoms with van der Waals surface area (Å²) in [7, 11) is 0. The van der Waals surface area contributed by atoms with Crippen LogP contribution in [0.4, 0.5) is 14.5 Å². The van der Waals surface area contributed by atoms with Gasteiger partial charge in [-0.05, 0) is 55.0 Å². The lowest BCUT2D eigenvalue weighted by molar-refractivity contribution is 0.101. The summed E-state index contributed by atoms with van der Waals surface area (Å²) in [5, 5.41) is 4.33. The molecule has 0 aliphatic heterocycles. The van der Waals surface area contributed by atoms with Crippen LogP contribution in [0.25, 0.3) is 21.3 Å². The van der Waals surface area contributed by atoms with Crippen molar-refractivity contribution in [3.05, 3.63) is 88.7 Å². The van der Waals surface area contributed by atoms with Crippen LogP contribution in [0, 0.1) is 18.6 Å². The monoisotopic (exact) mass is 434 g/mol. The van der Waals surface area contributed by atoms with Gasteiger partial charge in [0.1, 0.15) is 27.7 Å². The average Bonchev–Trinajstić information content (AvgIpc) is 3.27. The topological polar surface area (TPSA) is 59.8 Å². The molecule has 2 aromatic carbocycles. The summed E-state index contributed by atoms with van der Waals surface area (Å²) in [6.45, 7) is 2.16. The number of halogens is 2. The van der Waals surface area contributed by atoms with E-state index in [0.29, 0.717) is 33.4 Å². The van der Waals surface area contributed by atoms with E-state index in [2.05, 4.69) is 15.3 Å². The molecular weight excluding hydrogens is 418 g/mol. The van der Waals surface area contributed by atoms with Gasteiger partial charge in [0.2, 0.25) is 0 Å². The maximum absolute atomic E-state index is 13.8. The molecule has 8 heteroatoms. The number of benzene rings is 2. The van der Waals surface area contributed by atoms with Crippen LogP contribution in [0.5, 0.6) is 0 Å². The Kier molecular flexibility index (Phi) is 4.71. The third kappa shape index (κ3) is 3.77. The number of carbonyl (C=O) groups excluding carboxylic acids is 1. The predicted octanol–water partition coefficient (Wildman–Crippen LogP) is 5.53. The van der Waals surface area contributed by atoms with E-state index in [1.54, 1.807) is 41.1 Å². The predicted molar refractivity (Wildman–Crippen MR) is 118 cm³/mol. The smallest absolute Gasteiger partial charge is 0.272 e. The molecule has 0 saturated heterocycles. The number of thiazole rings is 1. The second kappa shape index (κ2) is 7.55. The molecule has 3 heterocycles. The molecule has 5 rings (SSSR count). The molecule has 0 aliphatic carbocycles. The Hall–Kier alpha value is -3.65. The highest BCUT2D eigenvalue weighted by atomic mass is 32.1. The Bertz CT molecular complexity index is 1460. The Morgan fingerprint density at radius 1 is 1.10 bits per heavy atom. The second-order valence-electron chi connectivity index (χ2n) is 7.18. The molecule has 0 unspecified atom stereocenters. The van der Waals surface area contributed by atoms with Gasteiger partial charge in [-0.2, -0.15) is 0 Å². The van der Waals surface area contributed by atoms with Crippen LogP contribution in [0.1, 0.15) is 21.1 Å². The lowest BCUT2D eigenvalue weighted by atomic mass is 10.2. The van der Waals surface area contributed by atoms with Crippen LogP contribution in [0.15, 0.2) is 60.8 Å². The molecule has 5 nitrogen and oxygen atoms in total. The minimum atomic E-state index is -0.393. The summed E-state index contributed by atoms with van der Waals surface area (Å²) in [4.78, 5) is 22.7. The van der Waals surface area contributed by atoms with Crippen molar-refractivity contribution in [1.29, 1.82) is 0 Å². The number of aromatic nitrogens is 3. The highest BCUT2D eigenvalue weighted by Gasteiger charge is 2.17. The normalized spacial score (nSPS) is 11.3. The molecular formula is C23H16F2N4OS. The summed E-state index contributed by atoms with van der Waals surface area (Å²) >= 11 is 1.48. The summed E-state index contributed by atoms with van der Waals surface area (Å²) in [5.41, 5.74) is 2.93. The number of pyridine rings is 1. The van der Waals surface area contributed by atoms with Gasteiger partial charge in [0.05, 0.1) is 16.9 Å². The van der Waals surface area contributed by atoms with Gasteiger partial charge in [0.15, 0.2) is 0 Å². The van der Waals surface area contributed by atoms with Crippen LogP contribution in [0.2, 0.25) is 0 Å². The van der Waals surface area contributed by atoms with E-state index in [0.717, 1.165) is 9.84 Å². The van der Waals surface area contributed by atoms with Crippen molar-refractivity contribution in [2.24, 2.45) is 0 Å². The second-order valence-corrected chi connectivity index (χ2v) is 8.37. The lowest BCUT2D eigenvalue weighted by Crippen LogP contribution is -2.17. The van der Waals surface area contributed by atoms with Crippen LogP contribution in [-0.2, 0) is 6.54 Å². The van der Waals surface area contributed by atoms with Gasteiger partial charge < -0.3 is 9.88 Å². The molecule has 0 saturated carbocycles. The largest absolute Gasteiger partial charge is 0.332 e. The van der Waals surface area contributed by atoms with Crippen LogP contribution < -0.4 is 5.32 Å². The van der Waals surface area contributed by atoms with E-state index >= 15 is 0 Å². The van der Waals surface area contributed by atoms with E-state index in [4.69, 9.17) is 0 Å². The molecule has 1 N–H and O–H groups in total. The molecule has 0 bridgehead atoms. The average molecular weight is 434 g/mol. The molecule has 0 fully saturated rings. The van der Waals surface area contributed by atoms with Gasteiger partial charge in [0, 0.05) is 17.4 Å². The van der Waals surface area contributed by atoms with Crippen molar-refractivity contribution < 1.29 is 13.6 Å². The van der Waals surface area contributed by atoms with E-state index in [-0.39, 0.29) is 18.3 Å². The van der Waals surface area contributed by atoms with E-state index in [1.165, 1.54) is 35.6 Å². The number of rotatable bonds is 4. The molecule has 0 aliphatic rings. The number of amides is 1. The number of nitrogens with one attached hydrogen (secondary N) is 1. The van der Waals surface area contributed by atoms with Crippen LogP contribution in [-0.4, -0.2) is 20.4 Å². The van der Waals surface area contributed by atoms with Crippen molar-refractivity contribution in [2.75, 3.05) is 5.32 Å². The van der Waals surface area contributed by atoms with Crippen molar-refractivity contribution in [1.82, 2.24) is 14.5 Å². The minimum Gasteiger partial charge on any atom is -0.332 e. The standard InChI is InChI=1S/C23H16F2N4OS/c1-13-27-19-10-18(11-26-23(19)31-13)28-22(30)21-9-15-8-17(25)5-6-20(15)29(21)12-14-3-2-4-16(24)7-14/h2-11H,12H2,1H3,(H,28,30). The van der Waals surface area contributed by atoms with Crippen LogP contribution >= 0.6 is 11.3 Å². The molecule has 0 atom stereocenters. The minimum absolute atomic E-state index is 0.262. The number of hydrogen-bond donors (Lipinski definition) is 1. The number of hydrogen-bond acceptors (Lipinski definition) is 4. The third-order valence-electron chi connectivity index (χ3n) is 4.94. The van der Waals surface area contributed by atoms with Crippen molar-refractivity contribution in [2.45, 2.75) is 13.5 Å². The first-order valence-corrected chi connectivity index (χ1v) is 10.4. The Balaban J connectivity index is 1.54. The number of anilines is 1. The summed E-state index contributed by atoms with van der Waals surface area (Å²) < 4.78 is 29.2. The Morgan fingerprint density at radius 3 is 2.77 bits per heavy atom.